The smallest absolute Gasteiger partial charge is 0.277 e. The van der Waals surface area contributed by atoms with Crippen molar-refractivity contribution in [2.45, 2.75) is 59.3 Å². The Hall–Kier alpha value is -2.12. The van der Waals surface area contributed by atoms with Gasteiger partial charge in [-0.3, -0.25) is 10.1 Å². The predicted octanol–water partition coefficient (Wildman–Crippen LogP) is 6.01. The molecule has 3 rings (SSSR count). The number of non-ortho nitro benzene ring substituents is 1. The fourth-order valence-corrected chi connectivity index (χ4v) is 5.14. The van der Waals surface area contributed by atoms with Crippen molar-refractivity contribution in [1.82, 2.24) is 4.90 Å². The van der Waals surface area contributed by atoms with Gasteiger partial charge in [0.25, 0.3) is 5.69 Å². The normalized spacial score (nSPS) is 19.8. The highest BCUT2D eigenvalue weighted by atomic mass is 32.2. The Bertz CT molecular complexity index is 952. The molecule has 0 aliphatic carbocycles. The number of thioether (sulfide) groups is 1. The second kappa shape index (κ2) is 8.94. The molecule has 0 N–H and O–H groups in total. The molecule has 0 unspecified atom stereocenters. The van der Waals surface area contributed by atoms with Gasteiger partial charge in [0.15, 0.2) is 5.17 Å². The number of rotatable bonds is 6. The molecule has 1 heterocycles. The van der Waals surface area contributed by atoms with Crippen LogP contribution < -0.4 is 0 Å². The molecular formula is C23H31N3O3S. The van der Waals surface area contributed by atoms with E-state index in [1.54, 1.807) is 30.0 Å². The van der Waals surface area contributed by atoms with Gasteiger partial charge >= 0.3 is 0 Å². The van der Waals surface area contributed by atoms with Gasteiger partial charge in [-0.2, -0.15) is 0 Å². The highest BCUT2D eigenvalue weighted by Crippen LogP contribution is 2.36. The number of nitro groups is 1. The summed E-state index contributed by atoms with van der Waals surface area (Å²) in [7, 11) is 0. The van der Waals surface area contributed by atoms with Crippen LogP contribution in [0.4, 0.5) is 11.4 Å². The molecule has 7 heteroatoms. The average molecular weight is 430 g/mol. The summed E-state index contributed by atoms with van der Waals surface area (Å²) < 4.78 is 6.26. The fraction of sp³-hybridized carbons (Fsp3) is 0.522. The van der Waals surface area contributed by atoms with Gasteiger partial charge in [-0.1, -0.05) is 43.8 Å². The van der Waals surface area contributed by atoms with E-state index >= 15 is 0 Å². The van der Waals surface area contributed by atoms with Crippen LogP contribution in [0.15, 0.2) is 41.4 Å². The van der Waals surface area contributed by atoms with Crippen LogP contribution in [0.25, 0.3) is 10.8 Å². The van der Waals surface area contributed by atoms with E-state index in [0.717, 1.165) is 28.5 Å². The molecule has 0 saturated carbocycles. The zero-order valence-corrected chi connectivity index (χ0v) is 19.4. The molecule has 30 heavy (non-hydrogen) atoms. The zero-order chi connectivity index (χ0) is 22.1. The standard InChI is InChI=1S/C23H31N3O3S/c1-15(2)13-25-21(16(3)29-23(4,5)6)14-30-22(25)24-19-11-12-20(26(27)28)18-10-8-7-9-17(18)19/h7-12,15-16,21H,13-14H2,1-6H3/t16-,21-/m0/s1. The van der Waals surface area contributed by atoms with E-state index in [1.807, 2.05) is 18.2 Å². The molecule has 2 aromatic rings. The van der Waals surface area contributed by atoms with Gasteiger partial charge in [0, 0.05) is 23.8 Å². The Balaban J connectivity index is 2.00. The van der Waals surface area contributed by atoms with Crippen molar-refractivity contribution in [3.05, 3.63) is 46.5 Å². The topological polar surface area (TPSA) is 68.0 Å². The Morgan fingerprint density at radius 2 is 1.87 bits per heavy atom. The van der Waals surface area contributed by atoms with Gasteiger partial charge in [-0.15, -0.1) is 0 Å². The molecule has 1 aliphatic heterocycles. The largest absolute Gasteiger partial charge is 0.371 e. The molecule has 0 radical (unpaired) electrons. The summed E-state index contributed by atoms with van der Waals surface area (Å²) in [6.07, 6.45) is 0.0672. The molecule has 0 amide bonds. The Kier molecular flexibility index (Phi) is 6.72. The number of hydrogen-bond donors (Lipinski definition) is 0. The van der Waals surface area contributed by atoms with Crippen LogP contribution in [-0.4, -0.2) is 45.0 Å². The minimum atomic E-state index is -0.337. The summed E-state index contributed by atoms with van der Waals surface area (Å²) in [5, 5.41) is 13.8. The molecule has 0 aromatic heterocycles. The molecule has 0 spiro atoms. The van der Waals surface area contributed by atoms with Gasteiger partial charge in [0.1, 0.15) is 0 Å². The Morgan fingerprint density at radius 1 is 1.20 bits per heavy atom. The molecule has 0 bridgehead atoms. The van der Waals surface area contributed by atoms with E-state index in [9.17, 15) is 10.1 Å². The first-order valence-electron chi connectivity index (χ1n) is 10.4. The van der Waals surface area contributed by atoms with Crippen LogP contribution in [0.5, 0.6) is 0 Å². The average Bonchev–Trinajstić information content (AvgIpc) is 3.02. The van der Waals surface area contributed by atoms with Crippen LogP contribution in [0.1, 0.15) is 41.5 Å². The minimum absolute atomic E-state index is 0.0672. The molecule has 2 atom stereocenters. The van der Waals surface area contributed by atoms with E-state index in [0.29, 0.717) is 11.3 Å². The highest BCUT2D eigenvalue weighted by Gasteiger charge is 2.36. The SMILES string of the molecule is CC(C)CN1C(=Nc2ccc([N+](=O)[O-])c3ccccc23)SC[C@H]1[C@H](C)OC(C)(C)C. The molecule has 1 fully saturated rings. The lowest BCUT2D eigenvalue weighted by Crippen LogP contribution is -2.46. The molecular weight excluding hydrogens is 398 g/mol. The van der Waals surface area contributed by atoms with Crippen LogP contribution in [0, 0.1) is 16.0 Å². The van der Waals surface area contributed by atoms with Gasteiger partial charge in [-0.25, -0.2) is 4.99 Å². The van der Waals surface area contributed by atoms with E-state index in [-0.39, 0.29) is 28.4 Å². The summed E-state index contributed by atoms with van der Waals surface area (Å²) >= 11 is 1.73. The molecule has 2 aromatic carbocycles. The molecule has 1 aliphatic rings. The number of aliphatic imine (C=N–C) groups is 1. The molecule has 6 nitrogen and oxygen atoms in total. The third kappa shape index (κ3) is 5.13. The van der Waals surface area contributed by atoms with Crippen molar-refractivity contribution < 1.29 is 9.66 Å². The third-order valence-electron chi connectivity index (χ3n) is 4.96. The van der Waals surface area contributed by atoms with Crippen molar-refractivity contribution in [1.29, 1.82) is 0 Å². The Labute approximate surface area is 182 Å². The van der Waals surface area contributed by atoms with E-state index in [2.05, 4.69) is 46.4 Å². The van der Waals surface area contributed by atoms with Crippen molar-refractivity contribution in [3.63, 3.8) is 0 Å². The number of fused-ring (bicyclic) bond motifs is 1. The van der Waals surface area contributed by atoms with Crippen molar-refractivity contribution >= 4 is 39.1 Å². The summed E-state index contributed by atoms with van der Waals surface area (Å²) in [4.78, 5) is 18.4. The molecule has 162 valence electrons. The van der Waals surface area contributed by atoms with Gasteiger partial charge in [-0.05, 0) is 45.7 Å². The number of hydrogen-bond acceptors (Lipinski definition) is 5. The maximum Gasteiger partial charge on any atom is 0.277 e. The summed E-state index contributed by atoms with van der Waals surface area (Å²) in [6.45, 7) is 13.7. The maximum absolute atomic E-state index is 11.4. The first kappa shape index (κ1) is 22.6. The second-order valence-corrected chi connectivity index (χ2v) is 10.1. The van der Waals surface area contributed by atoms with E-state index < -0.39 is 0 Å². The number of ether oxygens (including phenoxy) is 1. The number of amidine groups is 1. The van der Waals surface area contributed by atoms with Crippen LogP contribution in [0.2, 0.25) is 0 Å². The van der Waals surface area contributed by atoms with Crippen molar-refractivity contribution in [2.24, 2.45) is 10.9 Å². The fourth-order valence-electron chi connectivity index (χ4n) is 3.83. The van der Waals surface area contributed by atoms with Crippen molar-refractivity contribution in [3.8, 4) is 0 Å². The van der Waals surface area contributed by atoms with E-state index in [4.69, 9.17) is 9.73 Å². The van der Waals surface area contributed by atoms with Gasteiger partial charge in [0.2, 0.25) is 0 Å². The third-order valence-corrected chi connectivity index (χ3v) is 6.06. The van der Waals surface area contributed by atoms with Crippen molar-refractivity contribution in [2.75, 3.05) is 12.3 Å². The molecule has 1 saturated heterocycles. The first-order chi connectivity index (χ1) is 14.1. The van der Waals surface area contributed by atoms with Gasteiger partial charge in [0.05, 0.1) is 33.7 Å². The summed E-state index contributed by atoms with van der Waals surface area (Å²) in [5.41, 5.74) is 0.664. The maximum atomic E-state index is 11.4. The predicted molar refractivity (Wildman–Crippen MR) is 126 cm³/mol. The highest BCUT2D eigenvalue weighted by molar-refractivity contribution is 8.14. The van der Waals surface area contributed by atoms with Gasteiger partial charge < -0.3 is 9.64 Å². The lowest BCUT2D eigenvalue weighted by atomic mass is 10.1. The van der Waals surface area contributed by atoms with Crippen LogP contribution in [0.3, 0.4) is 0 Å². The number of nitro benzene ring substituents is 1. The van der Waals surface area contributed by atoms with Crippen LogP contribution >= 0.6 is 11.8 Å². The summed E-state index contributed by atoms with van der Waals surface area (Å²) in [5.74, 6) is 1.39. The number of nitrogens with zero attached hydrogens (tertiary/aromatic N) is 3. The number of benzene rings is 2. The van der Waals surface area contributed by atoms with Crippen LogP contribution in [-0.2, 0) is 4.74 Å². The first-order valence-corrected chi connectivity index (χ1v) is 11.4. The minimum Gasteiger partial charge on any atom is -0.371 e. The lowest BCUT2D eigenvalue weighted by Gasteiger charge is -2.35. The van der Waals surface area contributed by atoms with E-state index in [1.165, 1.54) is 0 Å². The second-order valence-electron chi connectivity index (χ2n) is 9.16. The quantitative estimate of drug-likeness (QED) is 0.415. The Morgan fingerprint density at radius 3 is 2.47 bits per heavy atom. The monoisotopic (exact) mass is 429 g/mol. The zero-order valence-electron chi connectivity index (χ0n) is 18.6. The lowest BCUT2D eigenvalue weighted by molar-refractivity contribution is -0.383. The summed E-state index contributed by atoms with van der Waals surface area (Å²) in [6, 6.07) is 10.9.